The smallest absolute Gasteiger partial charge is 0.223 e. The number of carbonyl (C=O) groups excluding carboxylic acids is 2. The SMILES string of the molecule is O=C(C[C@@H]1C=C[C@@H](NC(=O)C2CC2)[C@H](CO)O1)NCC1CC1. The van der Waals surface area contributed by atoms with Gasteiger partial charge < -0.3 is 20.5 Å². The van der Waals surface area contributed by atoms with Gasteiger partial charge in [-0.05, 0) is 31.6 Å². The molecule has 0 spiro atoms. The maximum absolute atomic E-state index is 11.8. The molecule has 0 bridgehead atoms. The molecule has 6 heteroatoms. The summed E-state index contributed by atoms with van der Waals surface area (Å²) in [4.78, 5) is 23.6. The lowest BCUT2D eigenvalue weighted by Gasteiger charge is -2.31. The fourth-order valence-corrected chi connectivity index (χ4v) is 2.60. The molecule has 0 aromatic rings. The standard InChI is InChI=1S/C16H24N2O4/c19-9-14-13(18-16(21)11-3-4-11)6-5-12(22-14)7-15(20)17-8-10-1-2-10/h5-6,10-14,19H,1-4,7-9H2,(H,17,20)(H,18,21)/t12-,13+,14-/m0/s1. The molecular formula is C16H24N2O4. The van der Waals surface area contributed by atoms with E-state index in [1.807, 2.05) is 6.08 Å². The molecule has 2 aliphatic carbocycles. The molecule has 0 aromatic carbocycles. The Hall–Kier alpha value is -1.40. The van der Waals surface area contributed by atoms with Crippen molar-refractivity contribution in [3.8, 4) is 0 Å². The van der Waals surface area contributed by atoms with Crippen molar-refractivity contribution in [3.05, 3.63) is 12.2 Å². The van der Waals surface area contributed by atoms with Gasteiger partial charge in [0.25, 0.3) is 0 Å². The van der Waals surface area contributed by atoms with Gasteiger partial charge in [-0.3, -0.25) is 9.59 Å². The maximum Gasteiger partial charge on any atom is 0.223 e. The number of nitrogens with one attached hydrogen (secondary N) is 2. The van der Waals surface area contributed by atoms with Gasteiger partial charge >= 0.3 is 0 Å². The Kier molecular flexibility index (Phi) is 4.78. The van der Waals surface area contributed by atoms with Crippen molar-refractivity contribution < 1.29 is 19.4 Å². The first-order valence-electron chi connectivity index (χ1n) is 8.17. The molecule has 2 amide bonds. The lowest BCUT2D eigenvalue weighted by Crippen LogP contribution is -2.49. The van der Waals surface area contributed by atoms with E-state index in [-0.39, 0.29) is 42.9 Å². The number of hydrogen-bond acceptors (Lipinski definition) is 4. The first kappa shape index (κ1) is 15.5. The maximum atomic E-state index is 11.8. The van der Waals surface area contributed by atoms with E-state index in [0.717, 1.165) is 19.4 Å². The van der Waals surface area contributed by atoms with E-state index in [1.54, 1.807) is 6.08 Å². The highest BCUT2D eigenvalue weighted by Gasteiger charge is 2.34. The van der Waals surface area contributed by atoms with Crippen molar-refractivity contribution in [1.82, 2.24) is 10.6 Å². The first-order valence-corrected chi connectivity index (χ1v) is 8.17. The van der Waals surface area contributed by atoms with Gasteiger partial charge in [-0.25, -0.2) is 0 Å². The van der Waals surface area contributed by atoms with Crippen molar-refractivity contribution in [1.29, 1.82) is 0 Å². The van der Waals surface area contributed by atoms with Gasteiger partial charge in [-0.1, -0.05) is 12.2 Å². The minimum absolute atomic E-state index is 0.0253. The molecular weight excluding hydrogens is 284 g/mol. The molecule has 122 valence electrons. The Labute approximate surface area is 130 Å². The van der Waals surface area contributed by atoms with Gasteiger partial charge in [-0.15, -0.1) is 0 Å². The second-order valence-electron chi connectivity index (χ2n) is 6.54. The predicted molar refractivity (Wildman–Crippen MR) is 79.9 cm³/mol. The number of rotatable bonds is 7. The fraction of sp³-hybridized carbons (Fsp3) is 0.750. The third-order valence-corrected chi connectivity index (χ3v) is 4.39. The van der Waals surface area contributed by atoms with Crippen LogP contribution in [-0.4, -0.2) is 48.3 Å². The predicted octanol–water partition coefficient (Wildman–Crippen LogP) is 0.113. The van der Waals surface area contributed by atoms with E-state index < -0.39 is 6.10 Å². The third kappa shape index (κ3) is 4.30. The van der Waals surface area contributed by atoms with Crippen LogP contribution >= 0.6 is 0 Å². The van der Waals surface area contributed by atoms with E-state index in [1.165, 1.54) is 12.8 Å². The third-order valence-electron chi connectivity index (χ3n) is 4.39. The van der Waals surface area contributed by atoms with Crippen molar-refractivity contribution >= 4 is 11.8 Å². The molecule has 2 saturated carbocycles. The summed E-state index contributed by atoms with van der Waals surface area (Å²) in [5.74, 6) is 0.772. The molecule has 22 heavy (non-hydrogen) atoms. The second kappa shape index (κ2) is 6.79. The minimum atomic E-state index is -0.492. The first-order chi connectivity index (χ1) is 10.7. The lowest BCUT2D eigenvalue weighted by molar-refractivity contribution is -0.128. The molecule has 6 nitrogen and oxygen atoms in total. The Morgan fingerprint density at radius 2 is 1.95 bits per heavy atom. The average Bonchev–Trinajstić information content (AvgIpc) is 3.40. The van der Waals surface area contributed by atoms with Crippen LogP contribution < -0.4 is 10.6 Å². The molecule has 0 saturated heterocycles. The lowest BCUT2D eigenvalue weighted by atomic mass is 10.0. The Morgan fingerprint density at radius 3 is 2.59 bits per heavy atom. The topological polar surface area (TPSA) is 87.7 Å². The summed E-state index contributed by atoms with van der Waals surface area (Å²) in [6.45, 7) is 0.568. The van der Waals surface area contributed by atoms with Crippen LogP contribution in [0.3, 0.4) is 0 Å². The van der Waals surface area contributed by atoms with Gasteiger partial charge in [0.05, 0.1) is 25.2 Å². The average molecular weight is 308 g/mol. The normalized spacial score (nSPS) is 30.9. The minimum Gasteiger partial charge on any atom is -0.394 e. The largest absolute Gasteiger partial charge is 0.394 e. The summed E-state index contributed by atoms with van der Waals surface area (Å²) in [6, 6.07) is -0.316. The number of carbonyl (C=O) groups is 2. The molecule has 0 aromatic heterocycles. The van der Waals surface area contributed by atoms with Crippen LogP contribution in [0.25, 0.3) is 0 Å². The summed E-state index contributed by atoms with van der Waals surface area (Å²) in [5, 5.41) is 15.3. The number of amides is 2. The highest BCUT2D eigenvalue weighted by atomic mass is 16.5. The Morgan fingerprint density at radius 1 is 1.18 bits per heavy atom. The summed E-state index contributed by atoms with van der Waals surface area (Å²) >= 11 is 0. The van der Waals surface area contributed by atoms with Crippen LogP contribution in [-0.2, 0) is 14.3 Å². The molecule has 0 unspecified atom stereocenters. The van der Waals surface area contributed by atoms with Crippen LogP contribution in [0, 0.1) is 11.8 Å². The van der Waals surface area contributed by atoms with E-state index >= 15 is 0 Å². The molecule has 3 rings (SSSR count). The summed E-state index contributed by atoms with van der Waals surface area (Å²) in [7, 11) is 0. The molecule has 1 aliphatic heterocycles. The zero-order valence-corrected chi connectivity index (χ0v) is 12.7. The summed E-state index contributed by atoms with van der Waals surface area (Å²) in [6.07, 6.45) is 7.35. The number of aliphatic hydroxyl groups excluding tert-OH is 1. The summed E-state index contributed by atoms with van der Waals surface area (Å²) < 4.78 is 5.73. The van der Waals surface area contributed by atoms with Crippen LogP contribution in [0.5, 0.6) is 0 Å². The van der Waals surface area contributed by atoms with Gasteiger partial charge in [-0.2, -0.15) is 0 Å². The molecule has 0 radical (unpaired) electrons. The molecule has 1 heterocycles. The molecule has 2 fully saturated rings. The van der Waals surface area contributed by atoms with E-state index in [9.17, 15) is 14.7 Å². The second-order valence-corrected chi connectivity index (χ2v) is 6.54. The monoisotopic (exact) mass is 308 g/mol. The Balaban J connectivity index is 1.47. The van der Waals surface area contributed by atoms with Gasteiger partial charge in [0, 0.05) is 12.5 Å². The Bertz CT molecular complexity index is 457. The zero-order chi connectivity index (χ0) is 15.5. The van der Waals surface area contributed by atoms with Gasteiger partial charge in [0.1, 0.15) is 6.10 Å². The van der Waals surface area contributed by atoms with Gasteiger partial charge in [0.15, 0.2) is 0 Å². The van der Waals surface area contributed by atoms with Crippen LogP contribution in [0.4, 0.5) is 0 Å². The van der Waals surface area contributed by atoms with E-state index in [2.05, 4.69) is 10.6 Å². The van der Waals surface area contributed by atoms with Crippen molar-refractivity contribution in [2.75, 3.05) is 13.2 Å². The number of aliphatic hydroxyl groups is 1. The molecule has 3 N–H and O–H groups in total. The van der Waals surface area contributed by atoms with Crippen molar-refractivity contribution in [2.24, 2.45) is 11.8 Å². The van der Waals surface area contributed by atoms with E-state index in [4.69, 9.17) is 4.74 Å². The highest BCUT2D eigenvalue weighted by Crippen LogP contribution is 2.29. The quantitative estimate of drug-likeness (QED) is 0.583. The van der Waals surface area contributed by atoms with Crippen LogP contribution in [0.1, 0.15) is 32.1 Å². The molecule has 3 atom stereocenters. The summed E-state index contributed by atoms with van der Waals surface area (Å²) in [5.41, 5.74) is 0. The number of hydrogen-bond donors (Lipinski definition) is 3. The van der Waals surface area contributed by atoms with Gasteiger partial charge in [0.2, 0.25) is 11.8 Å². The van der Waals surface area contributed by atoms with Crippen molar-refractivity contribution in [3.63, 3.8) is 0 Å². The highest BCUT2D eigenvalue weighted by molar-refractivity contribution is 5.81. The van der Waals surface area contributed by atoms with Crippen molar-refractivity contribution in [2.45, 2.75) is 50.4 Å². The molecule has 3 aliphatic rings. The fourth-order valence-electron chi connectivity index (χ4n) is 2.60. The zero-order valence-electron chi connectivity index (χ0n) is 12.7. The number of ether oxygens (including phenoxy) is 1. The van der Waals surface area contributed by atoms with E-state index in [0.29, 0.717) is 5.92 Å². The van der Waals surface area contributed by atoms with Crippen LogP contribution in [0.2, 0.25) is 0 Å². The van der Waals surface area contributed by atoms with Crippen LogP contribution in [0.15, 0.2) is 12.2 Å².